The van der Waals surface area contributed by atoms with Crippen molar-refractivity contribution in [2.24, 2.45) is 29.1 Å². The second kappa shape index (κ2) is 5.58. The van der Waals surface area contributed by atoms with Gasteiger partial charge in [0.2, 0.25) is 0 Å². The molecule has 0 heterocycles. The van der Waals surface area contributed by atoms with Gasteiger partial charge in [0.1, 0.15) is 5.78 Å². The molecule has 6 atom stereocenters. The van der Waals surface area contributed by atoms with Gasteiger partial charge in [-0.25, -0.2) is 0 Å². The molecule has 0 aromatic rings. The van der Waals surface area contributed by atoms with Gasteiger partial charge in [0, 0.05) is 18.9 Å². The highest BCUT2D eigenvalue weighted by atomic mass is 16.5. The van der Waals surface area contributed by atoms with Crippen molar-refractivity contribution in [3.8, 4) is 0 Å². The first-order valence-electron chi connectivity index (χ1n) is 9.55. The molecule has 0 aromatic carbocycles. The predicted octanol–water partition coefficient (Wildman–Crippen LogP) is 4.70. The molecule has 2 heteroatoms. The fraction of sp³-hybridized carbons (Fsp3) is 0.762. The third-order valence-corrected chi connectivity index (χ3v) is 7.71. The quantitative estimate of drug-likeness (QED) is 0.691. The van der Waals surface area contributed by atoms with Crippen molar-refractivity contribution < 1.29 is 9.53 Å². The number of rotatable bonds is 2. The molecule has 2 nitrogen and oxygen atoms in total. The zero-order valence-corrected chi connectivity index (χ0v) is 14.6. The highest BCUT2D eigenvalue weighted by molar-refractivity contribution is 5.88. The molecule has 3 fully saturated rings. The van der Waals surface area contributed by atoms with Crippen molar-refractivity contribution in [3.63, 3.8) is 0 Å². The van der Waals surface area contributed by atoms with Crippen LogP contribution in [0, 0.1) is 29.1 Å². The minimum atomic E-state index is -0.0524. The predicted molar refractivity (Wildman–Crippen MR) is 92.0 cm³/mol. The number of ether oxygens (including phenoxy) is 1. The van der Waals surface area contributed by atoms with Gasteiger partial charge in [0.05, 0.1) is 6.10 Å². The van der Waals surface area contributed by atoms with Crippen molar-refractivity contribution in [2.75, 3.05) is 7.11 Å². The van der Waals surface area contributed by atoms with Crippen LogP contribution in [-0.4, -0.2) is 19.0 Å². The SMILES string of the molecule is C=C1C[C@]2(CC)C(=O)CCC2C2CCC3=CC(OC)CCC3C12. The normalized spacial score (nSPS) is 46.0. The molecule has 0 aliphatic heterocycles. The maximum Gasteiger partial charge on any atom is 0.139 e. The molecule has 0 bridgehead atoms. The summed E-state index contributed by atoms with van der Waals surface area (Å²) >= 11 is 0. The van der Waals surface area contributed by atoms with Crippen LogP contribution >= 0.6 is 0 Å². The van der Waals surface area contributed by atoms with E-state index in [1.807, 2.05) is 7.11 Å². The van der Waals surface area contributed by atoms with Gasteiger partial charge >= 0.3 is 0 Å². The Morgan fingerprint density at radius 2 is 2.09 bits per heavy atom. The van der Waals surface area contributed by atoms with Crippen LogP contribution in [0.1, 0.15) is 58.3 Å². The lowest BCUT2D eigenvalue weighted by atomic mass is 9.50. The molecule has 0 amide bonds. The number of allylic oxidation sites excluding steroid dienone is 2. The number of carbonyl (C=O) groups is 1. The summed E-state index contributed by atoms with van der Waals surface area (Å²) in [7, 11) is 1.83. The Kier molecular flexibility index (Phi) is 3.79. The van der Waals surface area contributed by atoms with E-state index in [9.17, 15) is 4.79 Å². The molecule has 0 N–H and O–H groups in total. The standard InChI is InChI=1S/C21H30O2/c1-4-21-12-13(2)20-16-8-6-15(23-3)11-14(16)5-7-17(20)18(21)9-10-19(21)22/h11,15-18,20H,2,4-10,12H2,1,3H3/t15?,16?,17?,18?,20?,21-/m0/s1. The molecular weight excluding hydrogens is 284 g/mol. The molecule has 126 valence electrons. The Balaban J connectivity index is 1.67. The topological polar surface area (TPSA) is 26.3 Å². The van der Waals surface area contributed by atoms with Gasteiger partial charge in [-0.1, -0.05) is 30.7 Å². The second-order valence-electron chi connectivity index (χ2n) is 8.34. The van der Waals surface area contributed by atoms with Crippen LogP contribution in [-0.2, 0) is 9.53 Å². The van der Waals surface area contributed by atoms with E-state index >= 15 is 0 Å². The van der Waals surface area contributed by atoms with E-state index in [1.165, 1.54) is 24.8 Å². The monoisotopic (exact) mass is 314 g/mol. The zero-order chi connectivity index (χ0) is 16.2. The lowest BCUT2D eigenvalue weighted by Gasteiger charge is -2.54. The van der Waals surface area contributed by atoms with Crippen LogP contribution in [0.5, 0.6) is 0 Å². The Hall–Kier alpha value is -0.890. The average Bonchev–Trinajstić information content (AvgIpc) is 2.91. The van der Waals surface area contributed by atoms with Crippen LogP contribution in [0.4, 0.5) is 0 Å². The largest absolute Gasteiger partial charge is 0.377 e. The number of hydrogen-bond acceptors (Lipinski definition) is 2. The molecule has 3 saturated carbocycles. The summed E-state index contributed by atoms with van der Waals surface area (Å²) in [5.41, 5.74) is 2.96. The molecule has 0 spiro atoms. The van der Waals surface area contributed by atoms with Crippen LogP contribution in [0.25, 0.3) is 0 Å². The molecule has 4 rings (SSSR count). The zero-order valence-electron chi connectivity index (χ0n) is 14.6. The molecular formula is C21H30O2. The van der Waals surface area contributed by atoms with Gasteiger partial charge < -0.3 is 4.74 Å². The Morgan fingerprint density at radius 3 is 2.83 bits per heavy atom. The third kappa shape index (κ3) is 2.13. The molecule has 0 saturated heterocycles. The lowest BCUT2D eigenvalue weighted by Crippen LogP contribution is -2.48. The highest BCUT2D eigenvalue weighted by Crippen LogP contribution is 2.63. The Bertz CT molecular complexity index is 560. The van der Waals surface area contributed by atoms with Gasteiger partial charge in [-0.15, -0.1) is 0 Å². The lowest BCUT2D eigenvalue weighted by molar-refractivity contribution is -0.130. The summed E-state index contributed by atoms with van der Waals surface area (Å²) in [4.78, 5) is 12.7. The maximum absolute atomic E-state index is 12.7. The molecule has 23 heavy (non-hydrogen) atoms. The molecule has 4 aliphatic carbocycles. The average molecular weight is 314 g/mol. The van der Waals surface area contributed by atoms with E-state index in [0.717, 1.165) is 32.1 Å². The van der Waals surface area contributed by atoms with Crippen molar-refractivity contribution in [3.05, 3.63) is 23.8 Å². The van der Waals surface area contributed by atoms with E-state index in [4.69, 9.17) is 4.74 Å². The second-order valence-corrected chi connectivity index (χ2v) is 8.34. The number of carbonyl (C=O) groups excluding carboxylic acids is 1. The first kappa shape index (κ1) is 15.6. The minimum Gasteiger partial charge on any atom is -0.377 e. The Morgan fingerprint density at radius 1 is 1.26 bits per heavy atom. The van der Waals surface area contributed by atoms with E-state index in [-0.39, 0.29) is 5.41 Å². The van der Waals surface area contributed by atoms with Crippen LogP contribution in [0.3, 0.4) is 0 Å². The Labute approximate surface area is 140 Å². The van der Waals surface area contributed by atoms with E-state index < -0.39 is 0 Å². The summed E-state index contributed by atoms with van der Waals surface area (Å²) in [6, 6.07) is 0. The van der Waals surface area contributed by atoms with Gasteiger partial charge in [-0.3, -0.25) is 4.79 Å². The molecule has 4 aliphatic rings. The van der Waals surface area contributed by atoms with Crippen molar-refractivity contribution in [1.29, 1.82) is 0 Å². The first-order valence-corrected chi connectivity index (χ1v) is 9.55. The summed E-state index contributed by atoms with van der Waals surface area (Å²) in [6.07, 6.45) is 11.5. The number of fused-ring (bicyclic) bond motifs is 5. The van der Waals surface area contributed by atoms with Gasteiger partial charge in [0.15, 0.2) is 0 Å². The third-order valence-electron chi connectivity index (χ3n) is 7.71. The fourth-order valence-corrected chi connectivity index (χ4v) is 6.67. The minimum absolute atomic E-state index is 0.0524. The maximum atomic E-state index is 12.7. The van der Waals surface area contributed by atoms with E-state index in [0.29, 0.717) is 35.6 Å². The number of methoxy groups -OCH3 is 1. The molecule has 0 radical (unpaired) electrons. The molecule has 0 aromatic heterocycles. The fourth-order valence-electron chi connectivity index (χ4n) is 6.67. The number of hydrogen-bond donors (Lipinski definition) is 0. The summed E-state index contributed by atoms with van der Waals surface area (Å²) < 4.78 is 5.58. The van der Waals surface area contributed by atoms with Gasteiger partial charge in [-0.2, -0.15) is 0 Å². The molecule has 5 unspecified atom stereocenters. The van der Waals surface area contributed by atoms with E-state index in [2.05, 4.69) is 19.6 Å². The van der Waals surface area contributed by atoms with Crippen LogP contribution < -0.4 is 0 Å². The van der Waals surface area contributed by atoms with E-state index in [1.54, 1.807) is 5.57 Å². The van der Waals surface area contributed by atoms with Crippen molar-refractivity contribution >= 4 is 5.78 Å². The van der Waals surface area contributed by atoms with Crippen molar-refractivity contribution in [2.45, 2.75) is 64.4 Å². The van der Waals surface area contributed by atoms with Crippen LogP contribution in [0.2, 0.25) is 0 Å². The highest BCUT2D eigenvalue weighted by Gasteiger charge is 2.58. The summed E-state index contributed by atoms with van der Waals surface area (Å²) in [6.45, 7) is 6.73. The van der Waals surface area contributed by atoms with Gasteiger partial charge in [0.25, 0.3) is 0 Å². The number of ketones is 1. The number of Topliss-reactive ketones (excluding diaryl/α,β-unsaturated/α-hetero) is 1. The van der Waals surface area contributed by atoms with Crippen LogP contribution in [0.15, 0.2) is 23.8 Å². The summed E-state index contributed by atoms with van der Waals surface area (Å²) in [5, 5.41) is 0. The van der Waals surface area contributed by atoms with Gasteiger partial charge in [-0.05, 0) is 68.6 Å². The van der Waals surface area contributed by atoms with Crippen molar-refractivity contribution in [1.82, 2.24) is 0 Å². The first-order chi connectivity index (χ1) is 11.1. The summed E-state index contributed by atoms with van der Waals surface area (Å²) in [5.74, 6) is 3.16. The smallest absolute Gasteiger partial charge is 0.139 e.